The van der Waals surface area contributed by atoms with Crippen LogP contribution in [-0.4, -0.2) is 15.7 Å². The van der Waals surface area contributed by atoms with E-state index in [9.17, 15) is 18.0 Å². The van der Waals surface area contributed by atoms with Gasteiger partial charge in [0.2, 0.25) is 0 Å². The van der Waals surface area contributed by atoms with Crippen molar-refractivity contribution in [2.75, 3.05) is 5.32 Å². The van der Waals surface area contributed by atoms with Crippen molar-refractivity contribution in [3.63, 3.8) is 0 Å². The molecule has 0 fully saturated rings. The number of anilines is 1. The Morgan fingerprint density at radius 2 is 1.57 bits per heavy atom. The van der Waals surface area contributed by atoms with Crippen LogP contribution in [0.3, 0.4) is 0 Å². The van der Waals surface area contributed by atoms with Gasteiger partial charge in [-0.15, -0.1) is 0 Å². The molecule has 5 aromatic rings. The van der Waals surface area contributed by atoms with E-state index in [1.54, 1.807) is 10.7 Å². The second-order valence-corrected chi connectivity index (χ2v) is 8.21. The molecule has 0 radical (unpaired) electrons. The van der Waals surface area contributed by atoms with E-state index < -0.39 is 17.6 Å². The number of halogens is 3. The van der Waals surface area contributed by atoms with Gasteiger partial charge < -0.3 is 5.32 Å². The van der Waals surface area contributed by atoms with Gasteiger partial charge in [-0.05, 0) is 59.7 Å². The Balaban J connectivity index is 1.57. The summed E-state index contributed by atoms with van der Waals surface area (Å²) >= 11 is 0. The quantitative estimate of drug-likeness (QED) is 0.300. The number of amides is 1. The lowest BCUT2D eigenvalue weighted by atomic mass is 10.0. The lowest BCUT2D eigenvalue weighted by molar-refractivity contribution is -0.137. The topological polar surface area (TPSA) is 46.9 Å². The standard InChI is InChI=1S/C28H20F3N3O/c1-18-7-2-5-12-25(18)34-26(21-14-13-19-8-3-4-9-20(19)15-21)17-24(33-34)27(35)32-23-11-6-10-22(16-23)28(29,30)31/h2-17H,1H3,(H,32,35). The van der Waals surface area contributed by atoms with E-state index in [-0.39, 0.29) is 11.4 Å². The molecule has 1 heterocycles. The summed E-state index contributed by atoms with van der Waals surface area (Å²) in [6.45, 7) is 1.95. The highest BCUT2D eigenvalue weighted by atomic mass is 19.4. The average Bonchev–Trinajstić information content (AvgIpc) is 3.29. The van der Waals surface area contributed by atoms with Gasteiger partial charge in [0.15, 0.2) is 5.69 Å². The van der Waals surface area contributed by atoms with Gasteiger partial charge >= 0.3 is 6.18 Å². The first kappa shape index (κ1) is 22.4. The maximum atomic E-state index is 13.1. The number of alkyl halides is 3. The summed E-state index contributed by atoms with van der Waals surface area (Å²) in [7, 11) is 0. The molecular formula is C28H20F3N3O. The fraction of sp³-hybridized carbons (Fsp3) is 0.0714. The number of nitrogens with zero attached hydrogens (tertiary/aromatic N) is 2. The number of carbonyl (C=O) groups is 1. The number of rotatable bonds is 4. The van der Waals surface area contributed by atoms with Gasteiger partial charge in [-0.3, -0.25) is 4.79 Å². The predicted octanol–water partition coefficient (Wildman–Crippen LogP) is 7.27. The normalized spacial score (nSPS) is 11.5. The molecule has 174 valence electrons. The minimum Gasteiger partial charge on any atom is -0.321 e. The molecular weight excluding hydrogens is 451 g/mol. The van der Waals surface area contributed by atoms with Gasteiger partial charge in [0.1, 0.15) is 0 Å². The van der Waals surface area contributed by atoms with Gasteiger partial charge in [-0.25, -0.2) is 4.68 Å². The molecule has 4 aromatic carbocycles. The zero-order valence-corrected chi connectivity index (χ0v) is 18.7. The smallest absolute Gasteiger partial charge is 0.321 e. The van der Waals surface area contributed by atoms with E-state index in [4.69, 9.17) is 0 Å². The molecule has 0 aliphatic carbocycles. The van der Waals surface area contributed by atoms with Crippen LogP contribution in [0.2, 0.25) is 0 Å². The zero-order valence-electron chi connectivity index (χ0n) is 18.7. The maximum Gasteiger partial charge on any atom is 0.416 e. The summed E-state index contributed by atoms with van der Waals surface area (Å²) in [4.78, 5) is 13.0. The van der Waals surface area contributed by atoms with Crippen LogP contribution in [0.5, 0.6) is 0 Å². The van der Waals surface area contributed by atoms with Crippen LogP contribution in [0.1, 0.15) is 21.6 Å². The van der Waals surface area contributed by atoms with Crippen LogP contribution in [0.25, 0.3) is 27.7 Å². The Morgan fingerprint density at radius 1 is 0.829 bits per heavy atom. The number of hydrogen-bond donors (Lipinski definition) is 1. The summed E-state index contributed by atoms with van der Waals surface area (Å²) in [6, 6.07) is 27.8. The lowest BCUT2D eigenvalue weighted by Crippen LogP contribution is -2.14. The van der Waals surface area contributed by atoms with Crippen LogP contribution in [0.4, 0.5) is 18.9 Å². The van der Waals surface area contributed by atoms with Crippen molar-refractivity contribution in [1.29, 1.82) is 0 Å². The van der Waals surface area contributed by atoms with Crippen LogP contribution in [-0.2, 0) is 6.18 Å². The molecule has 1 amide bonds. The highest BCUT2D eigenvalue weighted by Crippen LogP contribution is 2.31. The van der Waals surface area contributed by atoms with Crippen molar-refractivity contribution in [1.82, 2.24) is 9.78 Å². The van der Waals surface area contributed by atoms with Crippen molar-refractivity contribution in [2.24, 2.45) is 0 Å². The fourth-order valence-corrected chi connectivity index (χ4v) is 4.00. The number of fused-ring (bicyclic) bond motifs is 1. The molecule has 5 rings (SSSR count). The third-order valence-electron chi connectivity index (χ3n) is 5.78. The van der Waals surface area contributed by atoms with E-state index in [1.165, 1.54) is 12.1 Å². The van der Waals surface area contributed by atoms with E-state index in [2.05, 4.69) is 10.4 Å². The number of carbonyl (C=O) groups excluding carboxylic acids is 1. The van der Waals surface area contributed by atoms with Crippen LogP contribution in [0.15, 0.2) is 97.1 Å². The van der Waals surface area contributed by atoms with Crippen molar-refractivity contribution < 1.29 is 18.0 Å². The van der Waals surface area contributed by atoms with Gasteiger partial charge in [0.05, 0.1) is 16.9 Å². The van der Waals surface area contributed by atoms with E-state index >= 15 is 0 Å². The molecule has 0 aliphatic heterocycles. The second kappa shape index (κ2) is 8.76. The molecule has 4 nitrogen and oxygen atoms in total. The molecule has 0 bridgehead atoms. The minimum absolute atomic E-state index is 0.0440. The van der Waals surface area contributed by atoms with Gasteiger partial charge in [-0.2, -0.15) is 18.3 Å². The first-order valence-corrected chi connectivity index (χ1v) is 10.9. The third kappa shape index (κ3) is 4.53. The molecule has 0 saturated heterocycles. The van der Waals surface area contributed by atoms with Crippen molar-refractivity contribution in [3.05, 3.63) is 114 Å². The van der Waals surface area contributed by atoms with Gasteiger partial charge in [0.25, 0.3) is 5.91 Å². The van der Waals surface area contributed by atoms with E-state index in [0.717, 1.165) is 39.7 Å². The number of aryl methyl sites for hydroxylation is 1. The fourth-order valence-electron chi connectivity index (χ4n) is 4.00. The van der Waals surface area contributed by atoms with Crippen LogP contribution >= 0.6 is 0 Å². The second-order valence-electron chi connectivity index (χ2n) is 8.21. The van der Waals surface area contributed by atoms with Crippen LogP contribution in [0, 0.1) is 6.92 Å². The predicted molar refractivity (Wildman–Crippen MR) is 131 cm³/mol. The van der Waals surface area contributed by atoms with Crippen molar-refractivity contribution in [2.45, 2.75) is 13.1 Å². The highest BCUT2D eigenvalue weighted by molar-refractivity contribution is 6.03. The summed E-state index contributed by atoms with van der Waals surface area (Å²) in [5, 5.41) is 9.21. The average molecular weight is 471 g/mol. The molecule has 7 heteroatoms. The first-order valence-electron chi connectivity index (χ1n) is 10.9. The molecule has 0 saturated carbocycles. The summed E-state index contributed by atoms with van der Waals surface area (Å²) in [5.74, 6) is -0.598. The number of benzene rings is 4. The largest absolute Gasteiger partial charge is 0.416 e. The first-order chi connectivity index (χ1) is 16.8. The number of nitrogens with one attached hydrogen (secondary N) is 1. The van der Waals surface area contributed by atoms with Crippen molar-refractivity contribution >= 4 is 22.4 Å². The lowest BCUT2D eigenvalue weighted by Gasteiger charge is -2.11. The SMILES string of the molecule is Cc1ccccc1-n1nc(C(=O)Nc2cccc(C(F)(F)F)c2)cc1-c1ccc2ccccc2c1. The molecule has 1 aromatic heterocycles. The number of hydrogen-bond acceptors (Lipinski definition) is 2. The summed E-state index contributed by atoms with van der Waals surface area (Å²) in [5.41, 5.74) is 2.61. The zero-order chi connectivity index (χ0) is 24.6. The molecule has 0 spiro atoms. The molecule has 1 N–H and O–H groups in total. The Kier molecular flexibility index (Phi) is 5.61. The summed E-state index contributed by atoms with van der Waals surface area (Å²) < 4.78 is 40.9. The molecule has 0 atom stereocenters. The van der Waals surface area contributed by atoms with E-state index in [0.29, 0.717) is 5.69 Å². The maximum absolute atomic E-state index is 13.1. The minimum atomic E-state index is -4.50. The Bertz CT molecular complexity index is 1550. The highest BCUT2D eigenvalue weighted by Gasteiger charge is 2.30. The molecule has 0 unspecified atom stereocenters. The van der Waals surface area contributed by atoms with Crippen LogP contribution < -0.4 is 5.32 Å². The molecule has 35 heavy (non-hydrogen) atoms. The van der Waals surface area contributed by atoms with Gasteiger partial charge in [-0.1, -0.05) is 60.7 Å². The summed E-state index contributed by atoms with van der Waals surface area (Å²) in [6.07, 6.45) is -4.50. The third-order valence-corrected chi connectivity index (χ3v) is 5.78. The Morgan fingerprint density at radius 3 is 2.34 bits per heavy atom. The van der Waals surface area contributed by atoms with E-state index in [1.807, 2.05) is 73.7 Å². The Labute approximate surface area is 199 Å². The number of para-hydroxylation sites is 1. The Hall–Kier alpha value is -4.39. The monoisotopic (exact) mass is 471 g/mol. The number of aromatic nitrogens is 2. The van der Waals surface area contributed by atoms with Crippen molar-refractivity contribution in [3.8, 4) is 16.9 Å². The van der Waals surface area contributed by atoms with Gasteiger partial charge in [0, 0.05) is 11.3 Å². The molecule has 0 aliphatic rings.